The van der Waals surface area contributed by atoms with Crippen LogP contribution in [-0.2, 0) is 0 Å². The Kier molecular flexibility index (Phi) is 4.42. The number of nitrogens with two attached hydrogens (primary N) is 1. The average molecular weight is 252 g/mol. The van der Waals surface area contributed by atoms with Gasteiger partial charge in [0.2, 0.25) is 0 Å². The van der Waals surface area contributed by atoms with Crippen LogP contribution in [0, 0.1) is 5.92 Å². The zero-order valence-corrected chi connectivity index (χ0v) is 11.1. The fourth-order valence-electron chi connectivity index (χ4n) is 2.08. The monoisotopic (exact) mass is 252 g/mol. The van der Waals surface area contributed by atoms with E-state index in [9.17, 15) is 0 Å². The third-order valence-electron chi connectivity index (χ3n) is 3.21. The second-order valence-corrected chi connectivity index (χ2v) is 5.58. The van der Waals surface area contributed by atoms with Gasteiger partial charge in [-0.1, -0.05) is 6.07 Å². The third-order valence-corrected chi connectivity index (χ3v) is 4.26. The van der Waals surface area contributed by atoms with Crippen LogP contribution in [0.15, 0.2) is 18.2 Å². The molecule has 1 aromatic carbocycles. The van der Waals surface area contributed by atoms with E-state index < -0.39 is 0 Å². The number of para-hydroxylation sites is 1. The first kappa shape index (κ1) is 12.4. The summed E-state index contributed by atoms with van der Waals surface area (Å²) in [7, 11) is 1.65. The predicted octanol–water partition coefficient (Wildman–Crippen LogP) is 2.83. The number of rotatable bonds is 4. The Morgan fingerprint density at radius 1 is 1.41 bits per heavy atom. The molecule has 0 spiro atoms. The van der Waals surface area contributed by atoms with Crippen LogP contribution in [0.25, 0.3) is 0 Å². The van der Waals surface area contributed by atoms with Gasteiger partial charge in [-0.05, 0) is 42.4 Å². The summed E-state index contributed by atoms with van der Waals surface area (Å²) in [5, 5.41) is 3.44. The van der Waals surface area contributed by atoms with Gasteiger partial charge >= 0.3 is 0 Å². The molecule has 0 atom stereocenters. The Morgan fingerprint density at radius 3 is 2.88 bits per heavy atom. The quantitative estimate of drug-likeness (QED) is 0.809. The van der Waals surface area contributed by atoms with Crippen molar-refractivity contribution in [2.45, 2.75) is 12.8 Å². The molecule has 0 radical (unpaired) electrons. The maximum atomic E-state index is 6.02. The number of ether oxygens (including phenoxy) is 1. The number of methoxy groups -OCH3 is 1. The largest absolute Gasteiger partial charge is 0.495 e. The van der Waals surface area contributed by atoms with Crippen molar-refractivity contribution in [1.29, 1.82) is 0 Å². The lowest BCUT2D eigenvalue weighted by molar-refractivity contribution is 0.417. The number of thioether (sulfide) groups is 1. The molecule has 1 aliphatic heterocycles. The van der Waals surface area contributed by atoms with Gasteiger partial charge in [0.25, 0.3) is 0 Å². The summed E-state index contributed by atoms with van der Waals surface area (Å²) in [4.78, 5) is 0. The molecule has 0 unspecified atom stereocenters. The van der Waals surface area contributed by atoms with E-state index in [0.29, 0.717) is 5.69 Å². The molecule has 0 aliphatic carbocycles. The van der Waals surface area contributed by atoms with Gasteiger partial charge in [-0.25, -0.2) is 0 Å². The predicted molar refractivity (Wildman–Crippen MR) is 75.9 cm³/mol. The zero-order valence-electron chi connectivity index (χ0n) is 10.2. The topological polar surface area (TPSA) is 47.3 Å². The van der Waals surface area contributed by atoms with Crippen molar-refractivity contribution in [3.8, 4) is 5.75 Å². The molecule has 3 N–H and O–H groups in total. The summed E-state index contributed by atoms with van der Waals surface area (Å²) in [6.07, 6.45) is 2.61. The minimum atomic E-state index is 0.709. The molecular formula is C13H20N2OS. The molecule has 0 aromatic heterocycles. The molecule has 3 nitrogen and oxygen atoms in total. The SMILES string of the molecule is COc1cccc(NCC2CCSCC2)c1N. The number of hydrogen-bond acceptors (Lipinski definition) is 4. The van der Waals surface area contributed by atoms with E-state index in [4.69, 9.17) is 10.5 Å². The minimum Gasteiger partial charge on any atom is -0.495 e. The van der Waals surface area contributed by atoms with Crippen LogP contribution in [0.1, 0.15) is 12.8 Å². The molecule has 1 aromatic rings. The fraction of sp³-hybridized carbons (Fsp3) is 0.538. The van der Waals surface area contributed by atoms with Crippen LogP contribution in [0.2, 0.25) is 0 Å². The lowest BCUT2D eigenvalue weighted by Gasteiger charge is -2.22. The van der Waals surface area contributed by atoms with E-state index >= 15 is 0 Å². The molecular weight excluding hydrogens is 232 g/mol. The highest BCUT2D eigenvalue weighted by Gasteiger charge is 2.14. The van der Waals surface area contributed by atoms with Crippen LogP contribution >= 0.6 is 11.8 Å². The third kappa shape index (κ3) is 3.22. The Morgan fingerprint density at radius 2 is 2.18 bits per heavy atom. The van der Waals surface area contributed by atoms with Crippen molar-refractivity contribution in [1.82, 2.24) is 0 Å². The van der Waals surface area contributed by atoms with Crippen LogP contribution in [0.3, 0.4) is 0 Å². The normalized spacial score (nSPS) is 16.8. The second kappa shape index (κ2) is 6.05. The molecule has 1 saturated heterocycles. The second-order valence-electron chi connectivity index (χ2n) is 4.36. The number of hydrogen-bond donors (Lipinski definition) is 2. The van der Waals surface area contributed by atoms with E-state index in [1.165, 1.54) is 24.3 Å². The van der Waals surface area contributed by atoms with Crippen molar-refractivity contribution >= 4 is 23.1 Å². The summed E-state index contributed by atoms with van der Waals surface area (Å²) < 4.78 is 5.21. The van der Waals surface area contributed by atoms with E-state index in [1.54, 1.807) is 7.11 Å². The van der Waals surface area contributed by atoms with Gasteiger partial charge in [-0.15, -0.1) is 0 Å². The average Bonchev–Trinajstić information content (AvgIpc) is 2.39. The number of anilines is 2. The van der Waals surface area contributed by atoms with Gasteiger partial charge < -0.3 is 15.8 Å². The summed E-state index contributed by atoms with van der Waals surface area (Å²) >= 11 is 2.06. The molecule has 0 amide bonds. The van der Waals surface area contributed by atoms with Crippen molar-refractivity contribution in [2.75, 3.05) is 36.2 Å². The van der Waals surface area contributed by atoms with Crippen LogP contribution < -0.4 is 15.8 Å². The highest BCUT2D eigenvalue weighted by atomic mass is 32.2. The number of nitrogens with one attached hydrogen (secondary N) is 1. The molecule has 1 heterocycles. The van der Waals surface area contributed by atoms with Gasteiger partial charge in [0.15, 0.2) is 0 Å². The Hall–Kier alpha value is -1.03. The Bertz CT molecular complexity index is 364. The minimum absolute atomic E-state index is 0.709. The Labute approximate surface area is 107 Å². The Balaban J connectivity index is 1.93. The van der Waals surface area contributed by atoms with E-state index in [2.05, 4.69) is 17.1 Å². The lowest BCUT2D eigenvalue weighted by Crippen LogP contribution is -2.19. The summed E-state index contributed by atoms with van der Waals surface area (Å²) in [5.74, 6) is 4.11. The molecule has 94 valence electrons. The van der Waals surface area contributed by atoms with Gasteiger partial charge in [0.05, 0.1) is 18.5 Å². The van der Waals surface area contributed by atoms with Gasteiger partial charge in [-0.2, -0.15) is 11.8 Å². The number of nitrogen functional groups attached to an aromatic ring is 1. The molecule has 0 saturated carbocycles. The smallest absolute Gasteiger partial charge is 0.143 e. The van der Waals surface area contributed by atoms with Gasteiger partial charge in [0, 0.05) is 6.54 Å². The fourth-order valence-corrected chi connectivity index (χ4v) is 3.29. The first-order valence-corrected chi connectivity index (χ1v) is 7.21. The van der Waals surface area contributed by atoms with Crippen molar-refractivity contribution in [2.24, 2.45) is 5.92 Å². The summed E-state index contributed by atoms with van der Waals surface area (Å²) in [6.45, 7) is 1.01. The maximum Gasteiger partial charge on any atom is 0.143 e. The molecule has 4 heteroatoms. The van der Waals surface area contributed by atoms with Gasteiger partial charge in [-0.3, -0.25) is 0 Å². The van der Waals surface area contributed by atoms with E-state index in [0.717, 1.165) is 23.9 Å². The standard InChI is InChI=1S/C13H20N2OS/c1-16-12-4-2-3-11(13(12)14)15-9-10-5-7-17-8-6-10/h2-4,10,15H,5-9,14H2,1H3. The van der Waals surface area contributed by atoms with Crippen LogP contribution in [0.5, 0.6) is 5.75 Å². The molecule has 17 heavy (non-hydrogen) atoms. The van der Waals surface area contributed by atoms with E-state index in [1.807, 2.05) is 18.2 Å². The number of benzene rings is 1. The summed E-state index contributed by atoms with van der Waals surface area (Å²) in [5.41, 5.74) is 7.71. The molecule has 1 fully saturated rings. The van der Waals surface area contributed by atoms with Crippen molar-refractivity contribution < 1.29 is 4.74 Å². The summed E-state index contributed by atoms with van der Waals surface area (Å²) in [6, 6.07) is 5.86. The highest BCUT2D eigenvalue weighted by molar-refractivity contribution is 7.99. The van der Waals surface area contributed by atoms with E-state index in [-0.39, 0.29) is 0 Å². The first-order chi connectivity index (χ1) is 8.31. The van der Waals surface area contributed by atoms with Crippen LogP contribution in [0.4, 0.5) is 11.4 Å². The highest BCUT2D eigenvalue weighted by Crippen LogP contribution is 2.30. The van der Waals surface area contributed by atoms with Gasteiger partial charge in [0.1, 0.15) is 5.75 Å². The van der Waals surface area contributed by atoms with Crippen molar-refractivity contribution in [3.05, 3.63) is 18.2 Å². The first-order valence-electron chi connectivity index (χ1n) is 6.05. The van der Waals surface area contributed by atoms with Crippen molar-refractivity contribution in [3.63, 3.8) is 0 Å². The maximum absolute atomic E-state index is 6.02. The molecule has 2 rings (SSSR count). The van der Waals surface area contributed by atoms with Crippen LogP contribution in [-0.4, -0.2) is 25.2 Å². The lowest BCUT2D eigenvalue weighted by atomic mass is 10.0. The molecule has 1 aliphatic rings. The molecule has 0 bridgehead atoms. The zero-order chi connectivity index (χ0) is 12.1.